The summed E-state index contributed by atoms with van der Waals surface area (Å²) >= 11 is 0. The summed E-state index contributed by atoms with van der Waals surface area (Å²) in [5, 5.41) is 14.0. The van der Waals surface area contributed by atoms with Crippen molar-refractivity contribution < 1.29 is 4.92 Å². The van der Waals surface area contributed by atoms with Gasteiger partial charge in [-0.1, -0.05) is 6.92 Å². The Balaban J connectivity index is 2.10. The lowest BCUT2D eigenvalue weighted by atomic mass is 9.82. The van der Waals surface area contributed by atoms with Crippen molar-refractivity contribution >= 4 is 11.5 Å². The van der Waals surface area contributed by atoms with Gasteiger partial charge in [0.25, 0.3) is 5.69 Å². The van der Waals surface area contributed by atoms with Crippen LogP contribution in [-0.2, 0) is 0 Å². The molecule has 0 aliphatic heterocycles. The third kappa shape index (κ3) is 2.13. The van der Waals surface area contributed by atoms with Crippen molar-refractivity contribution in [1.29, 1.82) is 0 Å². The van der Waals surface area contributed by atoms with Crippen molar-refractivity contribution in [2.45, 2.75) is 32.7 Å². The van der Waals surface area contributed by atoms with E-state index in [1.54, 1.807) is 13.1 Å². The molecular weight excluding hydrogens is 206 g/mol. The fourth-order valence-corrected chi connectivity index (χ4v) is 2.02. The first kappa shape index (κ1) is 10.9. The summed E-state index contributed by atoms with van der Waals surface area (Å²) in [7, 11) is 0. The number of nitro groups is 1. The number of rotatable bonds is 3. The lowest BCUT2D eigenvalue weighted by molar-refractivity contribution is -0.385. The van der Waals surface area contributed by atoms with Crippen LogP contribution in [0.3, 0.4) is 0 Å². The average molecular weight is 221 g/mol. The van der Waals surface area contributed by atoms with Crippen molar-refractivity contribution in [3.8, 4) is 0 Å². The maximum atomic E-state index is 10.7. The van der Waals surface area contributed by atoms with Gasteiger partial charge >= 0.3 is 0 Å². The van der Waals surface area contributed by atoms with E-state index in [2.05, 4.69) is 17.2 Å². The lowest BCUT2D eigenvalue weighted by Gasteiger charge is -2.33. The second kappa shape index (κ2) is 4.08. The summed E-state index contributed by atoms with van der Waals surface area (Å²) in [6.45, 7) is 3.89. The fourth-order valence-electron chi connectivity index (χ4n) is 2.02. The number of nitrogens with one attached hydrogen (secondary N) is 1. The van der Waals surface area contributed by atoms with E-state index in [1.165, 1.54) is 6.07 Å². The van der Waals surface area contributed by atoms with Gasteiger partial charge in [0.05, 0.1) is 11.0 Å². The molecule has 86 valence electrons. The molecule has 1 aliphatic carbocycles. The van der Waals surface area contributed by atoms with E-state index >= 15 is 0 Å². The van der Waals surface area contributed by atoms with Crippen LogP contribution in [0.5, 0.6) is 0 Å². The predicted octanol–water partition coefficient (Wildman–Crippen LogP) is 2.51. The Labute approximate surface area is 94.0 Å². The van der Waals surface area contributed by atoms with Gasteiger partial charge in [-0.15, -0.1) is 0 Å². The van der Waals surface area contributed by atoms with Gasteiger partial charge in [-0.2, -0.15) is 0 Å². The SMILES string of the molecule is Cc1cnc(NC2CC(C)C2)cc1[N+](=O)[O-]. The minimum atomic E-state index is -0.369. The highest BCUT2D eigenvalue weighted by Gasteiger charge is 2.25. The number of anilines is 1. The molecule has 0 unspecified atom stereocenters. The Hall–Kier alpha value is -1.65. The topological polar surface area (TPSA) is 68.1 Å². The number of hydrogen-bond acceptors (Lipinski definition) is 4. The Kier molecular flexibility index (Phi) is 2.77. The molecule has 5 heteroatoms. The number of aryl methyl sites for hydroxylation is 1. The van der Waals surface area contributed by atoms with E-state index in [4.69, 9.17) is 0 Å². The van der Waals surface area contributed by atoms with Gasteiger partial charge in [0.15, 0.2) is 0 Å². The standard InChI is InChI=1S/C11H15N3O2/c1-7-3-9(4-7)13-11-5-10(14(15)16)8(2)6-12-11/h5-7,9H,3-4H2,1-2H3,(H,12,13). The Morgan fingerprint density at radius 3 is 2.81 bits per heavy atom. The molecular formula is C11H15N3O2. The molecule has 0 saturated heterocycles. The molecule has 0 radical (unpaired) electrons. The molecule has 16 heavy (non-hydrogen) atoms. The largest absolute Gasteiger partial charge is 0.367 e. The second-order valence-electron chi connectivity index (χ2n) is 4.53. The highest BCUT2D eigenvalue weighted by Crippen LogP contribution is 2.30. The molecule has 1 heterocycles. The monoisotopic (exact) mass is 221 g/mol. The number of nitrogens with zero attached hydrogens (tertiary/aromatic N) is 2. The maximum absolute atomic E-state index is 10.7. The van der Waals surface area contributed by atoms with Crippen LogP contribution in [0.4, 0.5) is 11.5 Å². The maximum Gasteiger partial charge on any atom is 0.277 e. The van der Waals surface area contributed by atoms with Gasteiger partial charge in [-0.25, -0.2) is 4.98 Å². The van der Waals surface area contributed by atoms with Gasteiger partial charge in [-0.3, -0.25) is 10.1 Å². The molecule has 0 bridgehead atoms. The Morgan fingerprint density at radius 2 is 2.25 bits per heavy atom. The third-order valence-electron chi connectivity index (χ3n) is 3.00. The predicted molar refractivity (Wildman–Crippen MR) is 61.4 cm³/mol. The molecule has 2 rings (SSSR count). The summed E-state index contributed by atoms with van der Waals surface area (Å²) in [4.78, 5) is 14.5. The molecule has 1 saturated carbocycles. The molecule has 1 N–H and O–H groups in total. The van der Waals surface area contributed by atoms with Crippen LogP contribution in [0.25, 0.3) is 0 Å². The summed E-state index contributed by atoms with van der Waals surface area (Å²) in [5.74, 6) is 1.35. The molecule has 0 atom stereocenters. The van der Waals surface area contributed by atoms with Crippen molar-refractivity contribution in [3.05, 3.63) is 27.9 Å². The first-order valence-corrected chi connectivity index (χ1v) is 5.44. The van der Waals surface area contributed by atoms with E-state index < -0.39 is 0 Å². The van der Waals surface area contributed by atoms with Crippen LogP contribution in [-0.4, -0.2) is 15.9 Å². The fraction of sp³-hybridized carbons (Fsp3) is 0.545. The van der Waals surface area contributed by atoms with Crippen LogP contribution < -0.4 is 5.32 Å². The third-order valence-corrected chi connectivity index (χ3v) is 3.00. The molecule has 1 aromatic heterocycles. The van der Waals surface area contributed by atoms with Crippen molar-refractivity contribution in [1.82, 2.24) is 4.98 Å². The molecule has 5 nitrogen and oxygen atoms in total. The summed E-state index contributed by atoms with van der Waals surface area (Å²) in [5.41, 5.74) is 0.724. The zero-order valence-corrected chi connectivity index (χ0v) is 9.43. The number of aromatic nitrogens is 1. The second-order valence-corrected chi connectivity index (χ2v) is 4.53. The molecule has 1 aromatic rings. The molecule has 0 spiro atoms. The minimum absolute atomic E-state index is 0.130. The summed E-state index contributed by atoms with van der Waals surface area (Å²) in [6.07, 6.45) is 3.77. The van der Waals surface area contributed by atoms with Gasteiger partial charge in [0.1, 0.15) is 5.82 Å². The van der Waals surface area contributed by atoms with Crippen LogP contribution in [0.15, 0.2) is 12.3 Å². The lowest BCUT2D eigenvalue weighted by Crippen LogP contribution is -2.34. The van der Waals surface area contributed by atoms with Crippen molar-refractivity contribution in [3.63, 3.8) is 0 Å². The van der Waals surface area contributed by atoms with E-state index in [1.807, 2.05) is 0 Å². The Bertz CT molecular complexity index is 414. The molecule has 0 aromatic carbocycles. The zero-order valence-electron chi connectivity index (χ0n) is 9.43. The Morgan fingerprint density at radius 1 is 1.56 bits per heavy atom. The van der Waals surface area contributed by atoms with Crippen LogP contribution in [0, 0.1) is 23.0 Å². The molecule has 1 fully saturated rings. The smallest absolute Gasteiger partial charge is 0.277 e. The van der Waals surface area contributed by atoms with Crippen LogP contribution in [0.1, 0.15) is 25.3 Å². The summed E-state index contributed by atoms with van der Waals surface area (Å²) in [6, 6.07) is 1.93. The number of hydrogen-bond donors (Lipinski definition) is 1. The number of pyridine rings is 1. The zero-order chi connectivity index (χ0) is 11.7. The van der Waals surface area contributed by atoms with E-state index in [0.29, 0.717) is 17.4 Å². The van der Waals surface area contributed by atoms with E-state index in [-0.39, 0.29) is 10.6 Å². The minimum Gasteiger partial charge on any atom is -0.367 e. The highest BCUT2D eigenvalue weighted by atomic mass is 16.6. The first-order chi connectivity index (χ1) is 7.56. The van der Waals surface area contributed by atoms with Crippen LogP contribution >= 0.6 is 0 Å². The van der Waals surface area contributed by atoms with Gasteiger partial charge in [-0.05, 0) is 25.7 Å². The van der Waals surface area contributed by atoms with Gasteiger partial charge in [0, 0.05) is 17.8 Å². The van der Waals surface area contributed by atoms with Gasteiger partial charge < -0.3 is 5.32 Å². The van der Waals surface area contributed by atoms with E-state index in [0.717, 1.165) is 18.8 Å². The van der Waals surface area contributed by atoms with E-state index in [9.17, 15) is 10.1 Å². The van der Waals surface area contributed by atoms with Crippen molar-refractivity contribution in [2.75, 3.05) is 5.32 Å². The van der Waals surface area contributed by atoms with Crippen molar-refractivity contribution in [2.24, 2.45) is 5.92 Å². The molecule has 0 amide bonds. The van der Waals surface area contributed by atoms with Crippen LogP contribution in [0.2, 0.25) is 0 Å². The van der Waals surface area contributed by atoms with Gasteiger partial charge in [0.2, 0.25) is 0 Å². The summed E-state index contributed by atoms with van der Waals surface area (Å²) < 4.78 is 0. The normalized spacial score (nSPS) is 23.6. The quantitative estimate of drug-likeness (QED) is 0.629. The highest BCUT2D eigenvalue weighted by molar-refractivity contribution is 5.49. The average Bonchev–Trinajstić information content (AvgIpc) is 2.18. The molecule has 1 aliphatic rings. The first-order valence-electron chi connectivity index (χ1n) is 5.44.